The Labute approximate surface area is 130 Å². The monoisotopic (exact) mass is 306 g/mol. The maximum absolute atomic E-state index is 10.3. The first-order valence-electron chi connectivity index (χ1n) is 6.88. The zero-order valence-corrected chi connectivity index (χ0v) is 12.9. The highest BCUT2D eigenvalue weighted by atomic mass is 35.5. The number of aliphatic hydroxyl groups is 1. The van der Waals surface area contributed by atoms with Gasteiger partial charge in [0.15, 0.2) is 0 Å². The van der Waals surface area contributed by atoms with Gasteiger partial charge in [0.25, 0.3) is 0 Å². The van der Waals surface area contributed by atoms with Gasteiger partial charge in [0.2, 0.25) is 0 Å². The van der Waals surface area contributed by atoms with E-state index in [1.54, 1.807) is 24.3 Å². The van der Waals surface area contributed by atoms with Crippen LogP contribution < -0.4 is 9.47 Å². The van der Waals surface area contributed by atoms with Gasteiger partial charge in [-0.3, -0.25) is 0 Å². The van der Waals surface area contributed by atoms with E-state index >= 15 is 0 Å². The average molecular weight is 307 g/mol. The molecule has 0 spiro atoms. The van der Waals surface area contributed by atoms with Crippen LogP contribution in [0, 0.1) is 0 Å². The zero-order valence-electron chi connectivity index (χ0n) is 12.1. The van der Waals surface area contributed by atoms with E-state index in [0.29, 0.717) is 22.1 Å². The number of hydrogen-bond donors (Lipinski definition) is 1. The molecule has 0 heterocycles. The molecular formula is C17H19ClO3. The Kier molecular flexibility index (Phi) is 5.48. The summed E-state index contributed by atoms with van der Waals surface area (Å²) in [5.74, 6) is 1.30. The van der Waals surface area contributed by atoms with E-state index in [2.05, 4.69) is 0 Å². The Morgan fingerprint density at radius 3 is 2.57 bits per heavy atom. The van der Waals surface area contributed by atoms with Crippen molar-refractivity contribution in [3.8, 4) is 11.5 Å². The number of halogens is 1. The summed E-state index contributed by atoms with van der Waals surface area (Å²) in [5, 5.41) is 10.9. The maximum atomic E-state index is 10.3. The van der Waals surface area contributed by atoms with E-state index in [0.717, 1.165) is 0 Å². The molecule has 0 saturated carbocycles. The lowest BCUT2D eigenvalue weighted by molar-refractivity contribution is 0.103. The van der Waals surface area contributed by atoms with Crippen LogP contribution in [0.1, 0.15) is 25.5 Å². The van der Waals surface area contributed by atoms with Gasteiger partial charge in [-0.05, 0) is 38.1 Å². The largest absolute Gasteiger partial charge is 0.491 e. The van der Waals surface area contributed by atoms with E-state index in [9.17, 15) is 5.11 Å². The molecule has 1 unspecified atom stereocenters. The van der Waals surface area contributed by atoms with Gasteiger partial charge in [-0.1, -0.05) is 35.9 Å². The summed E-state index contributed by atoms with van der Waals surface area (Å²) in [4.78, 5) is 0. The van der Waals surface area contributed by atoms with E-state index < -0.39 is 6.10 Å². The van der Waals surface area contributed by atoms with Crippen LogP contribution in [-0.4, -0.2) is 17.8 Å². The third kappa shape index (κ3) is 4.66. The second-order valence-electron chi connectivity index (χ2n) is 4.99. The minimum atomic E-state index is -0.765. The van der Waals surface area contributed by atoms with Crippen molar-refractivity contribution < 1.29 is 14.6 Å². The Balaban J connectivity index is 2.04. The van der Waals surface area contributed by atoms with Crippen LogP contribution >= 0.6 is 11.6 Å². The molecular weight excluding hydrogens is 288 g/mol. The molecule has 0 fully saturated rings. The summed E-state index contributed by atoms with van der Waals surface area (Å²) < 4.78 is 11.3. The second kappa shape index (κ2) is 7.34. The molecule has 0 bridgehead atoms. The molecule has 2 aromatic rings. The quantitative estimate of drug-likeness (QED) is 0.867. The number of ether oxygens (including phenoxy) is 2. The van der Waals surface area contributed by atoms with Crippen LogP contribution in [0.5, 0.6) is 11.5 Å². The van der Waals surface area contributed by atoms with E-state index in [1.165, 1.54) is 0 Å². The highest BCUT2D eigenvalue weighted by Gasteiger charge is 2.14. The Morgan fingerprint density at radius 2 is 1.86 bits per heavy atom. The Morgan fingerprint density at radius 1 is 1.10 bits per heavy atom. The predicted molar refractivity (Wildman–Crippen MR) is 84.1 cm³/mol. The van der Waals surface area contributed by atoms with Crippen molar-refractivity contribution in [3.05, 3.63) is 59.1 Å². The molecule has 0 amide bonds. The average Bonchev–Trinajstić information content (AvgIpc) is 2.45. The van der Waals surface area contributed by atoms with E-state index in [-0.39, 0.29) is 12.7 Å². The van der Waals surface area contributed by atoms with Crippen molar-refractivity contribution in [2.45, 2.75) is 26.1 Å². The fourth-order valence-corrected chi connectivity index (χ4v) is 2.12. The fraction of sp³-hybridized carbons (Fsp3) is 0.294. The number of benzene rings is 2. The maximum Gasteiger partial charge on any atom is 0.125 e. The number of hydrogen-bond acceptors (Lipinski definition) is 3. The summed E-state index contributed by atoms with van der Waals surface area (Å²) in [7, 11) is 0. The summed E-state index contributed by atoms with van der Waals surface area (Å²) in [5.41, 5.74) is 0.716. The summed E-state index contributed by atoms with van der Waals surface area (Å²) in [6.45, 7) is 4.04. The highest BCUT2D eigenvalue weighted by Crippen LogP contribution is 2.27. The van der Waals surface area contributed by atoms with E-state index in [1.807, 2.05) is 38.1 Å². The summed E-state index contributed by atoms with van der Waals surface area (Å²) >= 11 is 5.90. The van der Waals surface area contributed by atoms with Gasteiger partial charge in [-0.15, -0.1) is 0 Å². The van der Waals surface area contributed by atoms with Crippen molar-refractivity contribution in [1.29, 1.82) is 0 Å². The normalized spacial score (nSPS) is 12.2. The van der Waals surface area contributed by atoms with Gasteiger partial charge in [-0.25, -0.2) is 0 Å². The van der Waals surface area contributed by atoms with Gasteiger partial charge in [0, 0.05) is 10.6 Å². The van der Waals surface area contributed by atoms with Crippen LogP contribution in [-0.2, 0) is 0 Å². The molecule has 0 aliphatic carbocycles. The summed E-state index contributed by atoms with van der Waals surface area (Å²) in [6.07, 6.45) is -0.717. The van der Waals surface area contributed by atoms with Crippen LogP contribution in [0.4, 0.5) is 0 Å². The number of aliphatic hydroxyl groups excluding tert-OH is 1. The van der Waals surface area contributed by atoms with Gasteiger partial charge < -0.3 is 14.6 Å². The van der Waals surface area contributed by atoms with Crippen molar-refractivity contribution in [1.82, 2.24) is 0 Å². The fourth-order valence-electron chi connectivity index (χ4n) is 1.94. The first-order valence-corrected chi connectivity index (χ1v) is 7.26. The summed E-state index contributed by atoms with van der Waals surface area (Å²) in [6, 6.07) is 14.5. The minimum Gasteiger partial charge on any atom is -0.491 e. The first kappa shape index (κ1) is 15.7. The molecule has 112 valence electrons. The smallest absolute Gasteiger partial charge is 0.125 e. The van der Waals surface area contributed by atoms with Gasteiger partial charge in [0.1, 0.15) is 24.2 Å². The lowest BCUT2D eigenvalue weighted by atomic mass is 10.1. The number of rotatable bonds is 6. The first-order chi connectivity index (χ1) is 10.1. The molecule has 1 N–H and O–H groups in total. The molecule has 2 aromatic carbocycles. The van der Waals surface area contributed by atoms with Crippen LogP contribution in [0.3, 0.4) is 0 Å². The standard InChI is InChI=1S/C17H19ClO3/c1-12(2)21-17-9-4-3-8-15(17)16(19)11-20-14-7-5-6-13(18)10-14/h3-10,12,16,19H,11H2,1-2H3. The lowest BCUT2D eigenvalue weighted by Gasteiger charge is -2.18. The molecule has 1 atom stereocenters. The third-order valence-electron chi connectivity index (χ3n) is 2.84. The van der Waals surface area contributed by atoms with Gasteiger partial charge in [-0.2, -0.15) is 0 Å². The highest BCUT2D eigenvalue weighted by molar-refractivity contribution is 6.30. The zero-order chi connectivity index (χ0) is 15.2. The topological polar surface area (TPSA) is 38.7 Å². The SMILES string of the molecule is CC(C)Oc1ccccc1C(O)COc1cccc(Cl)c1. The van der Waals surface area contributed by atoms with Crippen LogP contribution in [0.2, 0.25) is 5.02 Å². The van der Waals surface area contributed by atoms with Crippen LogP contribution in [0.25, 0.3) is 0 Å². The van der Waals surface area contributed by atoms with Crippen molar-refractivity contribution >= 4 is 11.6 Å². The molecule has 0 aliphatic rings. The van der Waals surface area contributed by atoms with Crippen molar-refractivity contribution in [3.63, 3.8) is 0 Å². The number of para-hydroxylation sites is 1. The predicted octanol–water partition coefficient (Wildman–Crippen LogP) is 4.24. The molecule has 0 radical (unpaired) electrons. The minimum absolute atomic E-state index is 0.0483. The molecule has 21 heavy (non-hydrogen) atoms. The van der Waals surface area contributed by atoms with Gasteiger partial charge in [0.05, 0.1) is 6.10 Å². The second-order valence-corrected chi connectivity index (χ2v) is 5.43. The third-order valence-corrected chi connectivity index (χ3v) is 3.08. The molecule has 4 heteroatoms. The van der Waals surface area contributed by atoms with Crippen molar-refractivity contribution in [2.75, 3.05) is 6.61 Å². The molecule has 0 saturated heterocycles. The van der Waals surface area contributed by atoms with Crippen LogP contribution in [0.15, 0.2) is 48.5 Å². The molecule has 0 aliphatic heterocycles. The molecule has 3 nitrogen and oxygen atoms in total. The van der Waals surface area contributed by atoms with Gasteiger partial charge >= 0.3 is 0 Å². The Hall–Kier alpha value is -1.71. The lowest BCUT2D eigenvalue weighted by Crippen LogP contribution is -2.13. The van der Waals surface area contributed by atoms with E-state index in [4.69, 9.17) is 21.1 Å². The Bertz CT molecular complexity index is 584. The van der Waals surface area contributed by atoms with Crippen molar-refractivity contribution in [2.24, 2.45) is 0 Å². The molecule has 2 rings (SSSR count). The molecule has 0 aromatic heterocycles.